The van der Waals surface area contributed by atoms with Crippen LogP contribution in [-0.4, -0.2) is 19.5 Å². The van der Waals surface area contributed by atoms with Crippen LogP contribution in [0, 0.1) is 0 Å². The summed E-state index contributed by atoms with van der Waals surface area (Å²) in [5.74, 6) is 1.65. The molecule has 7 heteroatoms. The molecule has 0 fully saturated rings. The van der Waals surface area contributed by atoms with E-state index in [2.05, 4.69) is 193 Å². The number of nitrogens with zero attached hydrogens (tertiary/aromatic N) is 4. The summed E-state index contributed by atoms with van der Waals surface area (Å²) in [5, 5.41) is 8.52. The summed E-state index contributed by atoms with van der Waals surface area (Å²) in [6, 6.07) is 84.5. The van der Waals surface area contributed by atoms with Crippen molar-refractivity contribution in [2.45, 2.75) is 0 Å². The number of benzene rings is 11. The van der Waals surface area contributed by atoms with Crippen molar-refractivity contribution in [1.82, 2.24) is 19.5 Å². The lowest BCUT2D eigenvalue weighted by Crippen LogP contribution is -2.00. The highest BCUT2D eigenvalue weighted by atomic mass is 16.3. The van der Waals surface area contributed by atoms with E-state index in [0.29, 0.717) is 17.5 Å². The van der Waals surface area contributed by atoms with Crippen molar-refractivity contribution in [2.75, 3.05) is 0 Å². The highest BCUT2D eigenvalue weighted by molar-refractivity contribution is 6.17. The molecule has 0 unspecified atom stereocenters. The minimum absolute atomic E-state index is 0.541. The van der Waals surface area contributed by atoms with Crippen molar-refractivity contribution >= 4 is 87.6 Å². The van der Waals surface area contributed by atoms with Gasteiger partial charge in [-0.25, -0.2) is 15.0 Å². The summed E-state index contributed by atoms with van der Waals surface area (Å²) >= 11 is 0. The second kappa shape index (κ2) is 16.6. The molecule has 7 nitrogen and oxygen atoms in total. The van der Waals surface area contributed by atoms with Crippen LogP contribution in [-0.2, 0) is 0 Å². The Morgan fingerprint density at radius 1 is 0.250 bits per heavy atom. The third-order valence-corrected chi connectivity index (χ3v) is 15.1. The zero-order chi connectivity index (χ0) is 49.8. The number of rotatable bonds is 7. The van der Waals surface area contributed by atoms with Crippen LogP contribution in [0.5, 0.6) is 0 Å². The Morgan fingerprint density at radius 2 is 0.750 bits per heavy atom. The van der Waals surface area contributed by atoms with Gasteiger partial charge >= 0.3 is 0 Å². The molecule has 354 valence electrons. The van der Waals surface area contributed by atoms with Crippen molar-refractivity contribution in [3.8, 4) is 73.2 Å². The number of hydrogen-bond donors (Lipinski definition) is 0. The van der Waals surface area contributed by atoms with Crippen LogP contribution in [0.3, 0.4) is 0 Å². The van der Waals surface area contributed by atoms with Crippen LogP contribution in [0.25, 0.3) is 161 Å². The van der Waals surface area contributed by atoms with Crippen molar-refractivity contribution in [3.05, 3.63) is 243 Å². The van der Waals surface area contributed by atoms with Gasteiger partial charge in [0.2, 0.25) is 0 Å². The molecule has 0 saturated heterocycles. The Labute approximate surface area is 434 Å². The highest BCUT2D eigenvalue weighted by Crippen LogP contribution is 2.44. The second-order valence-electron chi connectivity index (χ2n) is 19.5. The molecule has 0 spiro atoms. The molecule has 0 atom stereocenters. The largest absolute Gasteiger partial charge is 0.456 e. The summed E-state index contributed by atoms with van der Waals surface area (Å²) in [4.78, 5) is 15.5. The van der Waals surface area contributed by atoms with E-state index in [1.165, 1.54) is 21.8 Å². The molecule has 0 aliphatic heterocycles. The first kappa shape index (κ1) is 42.2. The normalized spacial score (nSPS) is 11.9. The van der Waals surface area contributed by atoms with Crippen LogP contribution in [0.4, 0.5) is 0 Å². The Hall–Kier alpha value is -10.4. The third-order valence-electron chi connectivity index (χ3n) is 15.1. The fourth-order valence-electron chi connectivity index (χ4n) is 11.5. The van der Waals surface area contributed by atoms with Crippen LogP contribution in [0.1, 0.15) is 0 Å². The maximum Gasteiger partial charge on any atom is 0.164 e. The predicted octanol–water partition coefficient (Wildman–Crippen LogP) is 18.7. The van der Waals surface area contributed by atoms with Gasteiger partial charge in [0, 0.05) is 65.5 Å². The maximum absolute atomic E-state index is 6.72. The van der Waals surface area contributed by atoms with E-state index in [0.717, 1.165) is 122 Å². The molecule has 0 bridgehead atoms. The van der Waals surface area contributed by atoms with Gasteiger partial charge in [-0.1, -0.05) is 152 Å². The van der Waals surface area contributed by atoms with Crippen molar-refractivity contribution in [2.24, 2.45) is 0 Å². The first-order chi connectivity index (χ1) is 37.6. The molecule has 5 heterocycles. The molecule has 0 saturated carbocycles. The monoisotopic (exact) mass is 972 g/mol. The first-order valence-electron chi connectivity index (χ1n) is 25.5. The van der Waals surface area contributed by atoms with E-state index in [9.17, 15) is 0 Å². The molecule has 16 rings (SSSR count). The first-order valence-corrected chi connectivity index (χ1v) is 25.5. The zero-order valence-electron chi connectivity index (χ0n) is 40.6. The summed E-state index contributed by atoms with van der Waals surface area (Å²) in [5.41, 5.74) is 17.4. The zero-order valence-corrected chi connectivity index (χ0v) is 40.6. The summed E-state index contributed by atoms with van der Waals surface area (Å²) < 4.78 is 22.3. The lowest BCUT2D eigenvalue weighted by molar-refractivity contribution is 0.668. The molecule has 0 aliphatic carbocycles. The van der Waals surface area contributed by atoms with Gasteiger partial charge in [-0.2, -0.15) is 0 Å². The fourth-order valence-corrected chi connectivity index (χ4v) is 11.5. The van der Waals surface area contributed by atoms with E-state index in [1.807, 2.05) is 54.6 Å². The number of fused-ring (bicyclic) bond motifs is 12. The standard InChI is InChI=1S/C69H40N4O3/c1-4-14-41(15-5-1)44-26-31-51-52-32-28-47(40-63(52)76-62(51)38-44)68-70-67(42-16-6-2-7-17-42)71-69(72-68)54-22-13-25-61-66(54)56-37-46(30-35-59(56)74-61)49-21-12-24-60-65(49)53-33-27-45(39-64(53)75-60)43-29-34-58-55(36-43)50-20-10-11-23-57(50)73(58)48-18-8-3-9-19-48/h1-40H. The van der Waals surface area contributed by atoms with Gasteiger partial charge in [0.25, 0.3) is 0 Å². The third kappa shape index (κ3) is 6.66. The Bertz CT molecular complexity index is 4990. The van der Waals surface area contributed by atoms with Crippen molar-refractivity contribution in [3.63, 3.8) is 0 Å². The molecule has 5 aromatic heterocycles. The van der Waals surface area contributed by atoms with Gasteiger partial charge in [0.05, 0.1) is 11.0 Å². The maximum atomic E-state index is 6.72. The lowest BCUT2D eigenvalue weighted by Gasteiger charge is -2.09. The van der Waals surface area contributed by atoms with Crippen LogP contribution in [0.2, 0.25) is 0 Å². The Balaban J connectivity index is 0.803. The van der Waals surface area contributed by atoms with Gasteiger partial charge in [0.15, 0.2) is 17.5 Å². The molecule has 0 radical (unpaired) electrons. The van der Waals surface area contributed by atoms with E-state index < -0.39 is 0 Å². The Kier molecular flexibility index (Phi) is 9.20. The number of aromatic nitrogens is 4. The average molecular weight is 973 g/mol. The molecule has 0 amide bonds. The molecule has 16 aromatic rings. The SMILES string of the molecule is c1ccc(-c2ccc3c(c2)oc2cc(-c4nc(-c5ccccc5)nc(-c5cccc6oc7ccc(-c8cccc9oc%10cc(-c%11ccc%12c(c%11)c%11ccccc%11n%12-c%11ccccc%11)ccc%10c89)cc7c56)n4)ccc23)cc1. The smallest absolute Gasteiger partial charge is 0.164 e. The molecular weight excluding hydrogens is 933 g/mol. The number of para-hydroxylation sites is 2. The minimum atomic E-state index is 0.541. The second-order valence-corrected chi connectivity index (χ2v) is 19.5. The molecular formula is C69H40N4O3. The number of furan rings is 3. The average Bonchev–Trinajstić information content (AvgIpc) is 4.31. The van der Waals surface area contributed by atoms with Crippen molar-refractivity contribution in [1.29, 1.82) is 0 Å². The van der Waals surface area contributed by atoms with Gasteiger partial charge in [-0.05, 0) is 124 Å². The molecule has 0 aliphatic rings. The van der Waals surface area contributed by atoms with Gasteiger partial charge < -0.3 is 17.8 Å². The minimum Gasteiger partial charge on any atom is -0.456 e. The topological polar surface area (TPSA) is 83.0 Å². The fraction of sp³-hybridized carbons (Fsp3) is 0. The van der Waals surface area contributed by atoms with Gasteiger partial charge in [-0.15, -0.1) is 0 Å². The molecule has 0 N–H and O–H groups in total. The Morgan fingerprint density at radius 3 is 1.51 bits per heavy atom. The van der Waals surface area contributed by atoms with Gasteiger partial charge in [-0.3, -0.25) is 0 Å². The molecule has 76 heavy (non-hydrogen) atoms. The predicted molar refractivity (Wildman–Crippen MR) is 309 cm³/mol. The summed E-state index contributed by atoms with van der Waals surface area (Å²) in [7, 11) is 0. The van der Waals surface area contributed by atoms with E-state index >= 15 is 0 Å². The quantitative estimate of drug-likeness (QED) is 0.158. The van der Waals surface area contributed by atoms with E-state index in [1.54, 1.807) is 0 Å². The van der Waals surface area contributed by atoms with Crippen molar-refractivity contribution < 1.29 is 13.3 Å². The lowest BCUT2D eigenvalue weighted by atomic mass is 9.96. The van der Waals surface area contributed by atoms with Crippen LogP contribution >= 0.6 is 0 Å². The highest BCUT2D eigenvalue weighted by Gasteiger charge is 2.22. The molecule has 11 aromatic carbocycles. The van der Waals surface area contributed by atoms with E-state index in [4.69, 9.17) is 28.2 Å². The number of hydrogen-bond acceptors (Lipinski definition) is 6. The van der Waals surface area contributed by atoms with Crippen LogP contribution in [0.15, 0.2) is 256 Å². The van der Waals surface area contributed by atoms with Gasteiger partial charge in [0.1, 0.15) is 33.5 Å². The van der Waals surface area contributed by atoms with Crippen LogP contribution < -0.4 is 0 Å². The van der Waals surface area contributed by atoms with E-state index in [-0.39, 0.29) is 0 Å². The summed E-state index contributed by atoms with van der Waals surface area (Å²) in [6.45, 7) is 0. The summed E-state index contributed by atoms with van der Waals surface area (Å²) in [6.07, 6.45) is 0.